The molecule has 1 atom stereocenters. The second-order valence-electron chi connectivity index (χ2n) is 4.25. The molecule has 1 aromatic rings. The predicted octanol–water partition coefficient (Wildman–Crippen LogP) is 3.88. The molecule has 0 radical (unpaired) electrons. The van der Waals surface area contributed by atoms with Crippen molar-refractivity contribution in [3.63, 3.8) is 0 Å². The van der Waals surface area contributed by atoms with E-state index < -0.39 is 0 Å². The van der Waals surface area contributed by atoms with Crippen molar-refractivity contribution >= 4 is 11.6 Å². The summed E-state index contributed by atoms with van der Waals surface area (Å²) in [6, 6.07) is 6.78. The summed E-state index contributed by atoms with van der Waals surface area (Å²) in [5, 5.41) is 4.45. The van der Waals surface area contributed by atoms with Gasteiger partial charge in [0.2, 0.25) is 0 Å². The maximum absolute atomic E-state index is 5.99. The lowest BCUT2D eigenvalue weighted by Gasteiger charge is -2.13. The molecule has 0 spiro atoms. The van der Waals surface area contributed by atoms with Crippen LogP contribution < -0.4 is 5.32 Å². The molecule has 1 unspecified atom stereocenters. The third-order valence-electron chi connectivity index (χ3n) is 3.12. The van der Waals surface area contributed by atoms with E-state index in [-0.39, 0.29) is 0 Å². The molecular weight excluding hydrogens is 218 g/mol. The normalized spacial score (nSPS) is 19.2. The van der Waals surface area contributed by atoms with Gasteiger partial charge >= 0.3 is 0 Å². The van der Waals surface area contributed by atoms with Crippen LogP contribution >= 0.6 is 11.6 Å². The predicted molar refractivity (Wildman–Crippen MR) is 69.9 cm³/mol. The molecule has 0 fully saturated rings. The molecule has 1 aromatic carbocycles. The average molecular weight is 236 g/mol. The molecule has 0 saturated heterocycles. The lowest BCUT2D eigenvalue weighted by atomic mass is 10.1. The highest BCUT2D eigenvalue weighted by Gasteiger charge is 2.21. The van der Waals surface area contributed by atoms with Crippen molar-refractivity contribution < 1.29 is 0 Å². The number of fused-ring (bicyclic) bond motifs is 1. The molecule has 0 amide bonds. The number of benzene rings is 1. The van der Waals surface area contributed by atoms with Crippen molar-refractivity contribution in [3.8, 4) is 0 Å². The lowest BCUT2D eigenvalue weighted by Crippen LogP contribution is -2.19. The van der Waals surface area contributed by atoms with E-state index in [0.717, 1.165) is 24.4 Å². The van der Waals surface area contributed by atoms with E-state index in [4.69, 9.17) is 11.6 Å². The van der Waals surface area contributed by atoms with Gasteiger partial charge in [0, 0.05) is 11.1 Å². The third kappa shape index (κ3) is 2.66. The Balaban J connectivity index is 1.95. The monoisotopic (exact) mass is 235 g/mol. The lowest BCUT2D eigenvalue weighted by molar-refractivity contribution is 0.536. The smallest absolute Gasteiger partial charge is 0.0408 e. The Labute approximate surface area is 103 Å². The molecule has 1 aliphatic rings. The Kier molecular flexibility index (Phi) is 4.03. The maximum Gasteiger partial charge on any atom is 0.0408 e. The van der Waals surface area contributed by atoms with Crippen molar-refractivity contribution in [1.29, 1.82) is 0 Å². The van der Waals surface area contributed by atoms with Gasteiger partial charge in [-0.1, -0.05) is 29.8 Å². The number of hydrogen-bond donors (Lipinski definition) is 1. The molecular formula is C14H18ClN. The van der Waals surface area contributed by atoms with Gasteiger partial charge in [0.05, 0.1) is 0 Å². The SMILES string of the molecule is C/C=C/CCNC1CCc2cc(Cl)ccc21. The van der Waals surface area contributed by atoms with Crippen LogP contribution in [0, 0.1) is 0 Å². The van der Waals surface area contributed by atoms with Crippen LogP contribution in [0.25, 0.3) is 0 Å². The minimum absolute atomic E-state index is 0.525. The summed E-state index contributed by atoms with van der Waals surface area (Å²) in [6.45, 7) is 3.12. The van der Waals surface area contributed by atoms with Crippen LogP contribution in [0.4, 0.5) is 0 Å². The summed E-state index contributed by atoms with van der Waals surface area (Å²) >= 11 is 5.99. The number of aryl methyl sites for hydroxylation is 1. The molecule has 0 aromatic heterocycles. The van der Waals surface area contributed by atoms with Gasteiger partial charge < -0.3 is 5.32 Å². The average Bonchev–Trinajstić information content (AvgIpc) is 2.67. The zero-order chi connectivity index (χ0) is 11.4. The summed E-state index contributed by atoms with van der Waals surface area (Å²) in [4.78, 5) is 0. The van der Waals surface area contributed by atoms with Gasteiger partial charge in [-0.3, -0.25) is 0 Å². The minimum Gasteiger partial charge on any atom is -0.310 e. The summed E-state index contributed by atoms with van der Waals surface area (Å²) in [6.07, 6.45) is 7.76. The van der Waals surface area contributed by atoms with Gasteiger partial charge in [0.15, 0.2) is 0 Å². The minimum atomic E-state index is 0.525. The van der Waals surface area contributed by atoms with E-state index in [1.807, 2.05) is 6.07 Å². The first-order valence-corrected chi connectivity index (χ1v) is 6.32. The second kappa shape index (κ2) is 5.51. The molecule has 86 valence electrons. The fourth-order valence-electron chi connectivity index (χ4n) is 2.31. The van der Waals surface area contributed by atoms with Gasteiger partial charge in [0.25, 0.3) is 0 Å². The molecule has 0 aliphatic heterocycles. The molecule has 2 rings (SSSR count). The summed E-state index contributed by atoms with van der Waals surface area (Å²) < 4.78 is 0. The second-order valence-corrected chi connectivity index (χ2v) is 4.68. The third-order valence-corrected chi connectivity index (χ3v) is 3.36. The van der Waals surface area contributed by atoms with Gasteiger partial charge in [-0.25, -0.2) is 0 Å². The van der Waals surface area contributed by atoms with E-state index in [0.29, 0.717) is 6.04 Å². The zero-order valence-corrected chi connectivity index (χ0v) is 10.4. The van der Waals surface area contributed by atoms with Gasteiger partial charge in [-0.2, -0.15) is 0 Å². The van der Waals surface area contributed by atoms with E-state index >= 15 is 0 Å². The van der Waals surface area contributed by atoms with Gasteiger partial charge in [-0.05, 0) is 56.0 Å². The van der Waals surface area contributed by atoms with Crippen molar-refractivity contribution in [1.82, 2.24) is 5.32 Å². The molecule has 0 bridgehead atoms. The Morgan fingerprint density at radius 1 is 1.50 bits per heavy atom. The number of halogens is 1. The Bertz CT molecular complexity index is 384. The van der Waals surface area contributed by atoms with E-state index in [2.05, 4.69) is 36.5 Å². The largest absolute Gasteiger partial charge is 0.310 e. The number of nitrogens with one attached hydrogen (secondary N) is 1. The Morgan fingerprint density at radius 3 is 3.19 bits per heavy atom. The maximum atomic E-state index is 5.99. The van der Waals surface area contributed by atoms with Crippen LogP contribution in [0.15, 0.2) is 30.4 Å². The van der Waals surface area contributed by atoms with Crippen LogP contribution in [0.2, 0.25) is 5.02 Å². The highest BCUT2D eigenvalue weighted by molar-refractivity contribution is 6.30. The molecule has 1 nitrogen and oxygen atoms in total. The van der Waals surface area contributed by atoms with Crippen LogP contribution in [-0.2, 0) is 6.42 Å². The Hall–Kier alpha value is -0.790. The zero-order valence-electron chi connectivity index (χ0n) is 9.67. The fourth-order valence-corrected chi connectivity index (χ4v) is 2.50. The van der Waals surface area contributed by atoms with E-state index in [1.54, 1.807) is 0 Å². The van der Waals surface area contributed by atoms with Crippen molar-refractivity contribution in [3.05, 3.63) is 46.5 Å². The van der Waals surface area contributed by atoms with Crippen LogP contribution in [-0.4, -0.2) is 6.54 Å². The standard InChI is InChI=1S/C14H18ClN/c1-2-3-4-9-16-14-8-5-11-10-12(15)6-7-13(11)14/h2-3,6-7,10,14,16H,4-5,8-9H2,1H3/b3-2+. The Morgan fingerprint density at radius 2 is 2.38 bits per heavy atom. The molecule has 1 aliphatic carbocycles. The fraction of sp³-hybridized carbons (Fsp3) is 0.429. The molecule has 16 heavy (non-hydrogen) atoms. The van der Waals surface area contributed by atoms with Gasteiger partial charge in [-0.15, -0.1) is 0 Å². The first kappa shape index (κ1) is 11.7. The van der Waals surface area contributed by atoms with Crippen LogP contribution in [0.1, 0.15) is 36.9 Å². The van der Waals surface area contributed by atoms with Gasteiger partial charge in [0.1, 0.15) is 0 Å². The van der Waals surface area contributed by atoms with Crippen molar-refractivity contribution in [2.45, 2.75) is 32.2 Å². The highest BCUT2D eigenvalue weighted by atomic mass is 35.5. The summed E-state index contributed by atoms with van der Waals surface area (Å²) in [5.74, 6) is 0. The highest BCUT2D eigenvalue weighted by Crippen LogP contribution is 2.32. The van der Waals surface area contributed by atoms with Crippen molar-refractivity contribution in [2.75, 3.05) is 6.54 Å². The molecule has 0 saturated carbocycles. The first-order valence-electron chi connectivity index (χ1n) is 5.94. The molecule has 1 N–H and O–H groups in total. The first-order chi connectivity index (χ1) is 7.81. The summed E-state index contributed by atoms with van der Waals surface area (Å²) in [7, 11) is 0. The number of hydrogen-bond acceptors (Lipinski definition) is 1. The van der Waals surface area contributed by atoms with Crippen LogP contribution in [0.3, 0.4) is 0 Å². The topological polar surface area (TPSA) is 12.0 Å². The molecule has 2 heteroatoms. The molecule has 0 heterocycles. The number of allylic oxidation sites excluding steroid dienone is 1. The van der Waals surface area contributed by atoms with Crippen LogP contribution in [0.5, 0.6) is 0 Å². The quantitative estimate of drug-likeness (QED) is 0.617. The van der Waals surface area contributed by atoms with E-state index in [1.165, 1.54) is 17.5 Å². The van der Waals surface area contributed by atoms with E-state index in [9.17, 15) is 0 Å². The summed E-state index contributed by atoms with van der Waals surface area (Å²) in [5.41, 5.74) is 2.85. The number of rotatable bonds is 4. The van der Waals surface area contributed by atoms with Crippen molar-refractivity contribution in [2.24, 2.45) is 0 Å².